The average molecular weight is 556 g/mol. The van der Waals surface area contributed by atoms with E-state index in [0.717, 1.165) is 17.7 Å². The number of carbonyl (C=O) groups excluding carboxylic acids is 2. The summed E-state index contributed by atoms with van der Waals surface area (Å²) in [7, 11) is 0. The summed E-state index contributed by atoms with van der Waals surface area (Å²) in [4.78, 5) is 26.1. The van der Waals surface area contributed by atoms with Crippen molar-refractivity contribution in [3.05, 3.63) is 83.0 Å². The lowest BCUT2D eigenvalue weighted by molar-refractivity contribution is -0.153. The molecule has 7 nitrogen and oxygen atoms in total. The molecule has 0 radical (unpaired) electrons. The monoisotopic (exact) mass is 555 g/mol. The molecule has 212 valence electrons. The molecular weight excluding hydrogens is 523 g/mol. The van der Waals surface area contributed by atoms with Crippen LogP contribution in [0, 0.1) is 5.92 Å². The summed E-state index contributed by atoms with van der Waals surface area (Å²) in [5.41, 5.74) is 0.961. The molecule has 4 rings (SSSR count). The van der Waals surface area contributed by atoms with Crippen molar-refractivity contribution in [3.8, 4) is 11.3 Å². The van der Waals surface area contributed by atoms with Crippen molar-refractivity contribution < 1.29 is 32.2 Å². The number of halogens is 3. The summed E-state index contributed by atoms with van der Waals surface area (Å²) < 4.78 is 51.2. The number of nitrogens with one attached hydrogen (secondary N) is 1. The summed E-state index contributed by atoms with van der Waals surface area (Å²) in [6.45, 7) is 7.16. The van der Waals surface area contributed by atoms with Crippen LogP contribution in [0.15, 0.2) is 60.7 Å². The molecular formula is C30H32F3N3O4. The van der Waals surface area contributed by atoms with Gasteiger partial charge in [-0.2, -0.15) is 23.4 Å². The third kappa shape index (κ3) is 7.58. The molecule has 40 heavy (non-hydrogen) atoms. The van der Waals surface area contributed by atoms with E-state index in [9.17, 15) is 22.8 Å². The van der Waals surface area contributed by atoms with E-state index in [1.165, 1.54) is 12.1 Å². The van der Waals surface area contributed by atoms with Crippen LogP contribution < -0.4 is 5.32 Å². The molecule has 1 aliphatic carbocycles. The highest BCUT2D eigenvalue weighted by molar-refractivity contribution is 5.82. The van der Waals surface area contributed by atoms with E-state index >= 15 is 0 Å². The van der Waals surface area contributed by atoms with Crippen molar-refractivity contribution in [1.29, 1.82) is 0 Å². The Kier molecular flexibility index (Phi) is 8.46. The average Bonchev–Trinajstić information content (AvgIpc) is 2.87. The minimum atomic E-state index is -4.50. The van der Waals surface area contributed by atoms with Crippen LogP contribution in [0.3, 0.4) is 0 Å². The van der Waals surface area contributed by atoms with Crippen LogP contribution in [0.4, 0.5) is 18.0 Å². The summed E-state index contributed by atoms with van der Waals surface area (Å²) in [5, 5.41) is 11.1. The molecule has 0 spiro atoms. The van der Waals surface area contributed by atoms with Gasteiger partial charge in [0.15, 0.2) is 0 Å². The molecule has 1 N–H and O–H groups in total. The summed E-state index contributed by atoms with van der Waals surface area (Å²) >= 11 is 0. The number of esters is 1. The van der Waals surface area contributed by atoms with Gasteiger partial charge in [-0.15, -0.1) is 0 Å². The lowest BCUT2D eigenvalue weighted by Crippen LogP contribution is -2.46. The van der Waals surface area contributed by atoms with Gasteiger partial charge in [-0.1, -0.05) is 49.4 Å². The van der Waals surface area contributed by atoms with Gasteiger partial charge in [0.1, 0.15) is 17.7 Å². The second-order valence-electron chi connectivity index (χ2n) is 11.1. The van der Waals surface area contributed by atoms with E-state index in [-0.39, 0.29) is 23.6 Å². The normalized spacial score (nSPS) is 17.9. The van der Waals surface area contributed by atoms with Gasteiger partial charge in [0.05, 0.1) is 17.0 Å². The Balaban J connectivity index is 1.61. The number of rotatable bonds is 6. The first-order valence-corrected chi connectivity index (χ1v) is 13.1. The van der Waals surface area contributed by atoms with Crippen molar-refractivity contribution >= 4 is 12.1 Å². The number of hydrogen-bond acceptors (Lipinski definition) is 6. The summed E-state index contributed by atoms with van der Waals surface area (Å²) in [5.74, 6) is -0.539. The Morgan fingerprint density at radius 1 is 1.02 bits per heavy atom. The number of carbonyl (C=O) groups is 2. The van der Waals surface area contributed by atoms with Crippen LogP contribution in [-0.4, -0.2) is 33.9 Å². The molecule has 1 amide bonds. The van der Waals surface area contributed by atoms with Crippen LogP contribution in [0.5, 0.6) is 0 Å². The standard InChI is InChI=1S/C30H32F3N3O4/c1-18-13-24-22(17-23(35-36-24)20-11-8-12-21(16-20)30(31,32)33)26(14-18)39-27(37)25(15-19-9-6-5-7-10-19)34-28(38)40-29(2,3)4/h5-12,16-18,25-26H,13-15H2,1-4H3,(H,34,38)/t18-,25+,26-/m0/s1. The Labute approximate surface area is 231 Å². The van der Waals surface area contributed by atoms with Gasteiger partial charge < -0.3 is 14.8 Å². The zero-order valence-corrected chi connectivity index (χ0v) is 22.8. The van der Waals surface area contributed by atoms with Crippen LogP contribution in [0.1, 0.15) is 62.6 Å². The maximum Gasteiger partial charge on any atom is 0.416 e. The molecule has 0 fully saturated rings. The summed E-state index contributed by atoms with van der Waals surface area (Å²) in [6.07, 6.45) is -4.72. The van der Waals surface area contributed by atoms with Gasteiger partial charge in [0, 0.05) is 17.5 Å². The maximum atomic E-state index is 13.5. The van der Waals surface area contributed by atoms with Gasteiger partial charge in [0.25, 0.3) is 0 Å². The number of aromatic nitrogens is 2. The van der Waals surface area contributed by atoms with E-state index in [1.807, 2.05) is 37.3 Å². The van der Waals surface area contributed by atoms with Gasteiger partial charge >= 0.3 is 18.2 Å². The quantitative estimate of drug-likeness (QED) is 0.351. The van der Waals surface area contributed by atoms with Crippen LogP contribution in [-0.2, 0) is 33.3 Å². The van der Waals surface area contributed by atoms with Crippen molar-refractivity contribution in [3.63, 3.8) is 0 Å². The zero-order valence-electron chi connectivity index (χ0n) is 22.8. The molecule has 3 atom stereocenters. The Hall–Kier alpha value is -3.95. The van der Waals surface area contributed by atoms with E-state index in [1.54, 1.807) is 26.8 Å². The van der Waals surface area contributed by atoms with Crippen molar-refractivity contribution in [2.75, 3.05) is 0 Å². The minimum Gasteiger partial charge on any atom is -0.456 e. The first-order chi connectivity index (χ1) is 18.8. The Morgan fingerprint density at radius 2 is 1.75 bits per heavy atom. The molecule has 3 aromatic rings. The topological polar surface area (TPSA) is 90.4 Å². The number of ether oxygens (including phenoxy) is 2. The first kappa shape index (κ1) is 29.0. The number of nitrogens with zero attached hydrogens (tertiary/aromatic N) is 2. The van der Waals surface area contributed by atoms with E-state index in [4.69, 9.17) is 9.47 Å². The number of alkyl carbamates (subject to hydrolysis) is 1. The first-order valence-electron chi connectivity index (χ1n) is 13.1. The Morgan fingerprint density at radius 3 is 2.42 bits per heavy atom. The molecule has 1 aliphatic rings. The van der Waals surface area contributed by atoms with Crippen molar-refractivity contribution in [1.82, 2.24) is 15.5 Å². The third-order valence-electron chi connectivity index (χ3n) is 6.41. The molecule has 0 saturated carbocycles. The molecule has 0 unspecified atom stereocenters. The highest BCUT2D eigenvalue weighted by Crippen LogP contribution is 2.37. The molecule has 1 heterocycles. The number of hydrogen-bond donors (Lipinski definition) is 1. The number of alkyl halides is 3. The predicted octanol–water partition coefficient (Wildman–Crippen LogP) is 6.47. The van der Waals surface area contributed by atoms with E-state index < -0.39 is 41.5 Å². The number of fused-ring (bicyclic) bond motifs is 1. The van der Waals surface area contributed by atoms with Gasteiger partial charge in [0.2, 0.25) is 0 Å². The fourth-order valence-corrected chi connectivity index (χ4v) is 4.60. The third-order valence-corrected chi connectivity index (χ3v) is 6.41. The Bertz CT molecular complexity index is 1360. The minimum absolute atomic E-state index is 0.116. The fraction of sp³-hybridized carbons (Fsp3) is 0.400. The zero-order chi connectivity index (χ0) is 29.1. The molecule has 10 heteroatoms. The van der Waals surface area contributed by atoms with Gasteiger partial charge in [-0.3, -0.25) is 0 Å². The van der Waals surface area contributed by atoms with Gasteiger partial charge in [-0.05, 0) is 63.3 Å². The highest BCUT2D eigenvalue weighted by atomic mass is 19.4. The molecule has 0 bridgehead atoms. The molecule has 2 aromatic carbocycles. The second kappa shape index (κ2) is 11.7. The predicted molar refractivity (Wildman–Crippen MR) is 142 cm³/mol. The van der Waals surface area contributed by atoms with Crippen LogP contribution >= 0.6 is 0 Å². The number of benzene rings is 2. The lowest BCUT2D eigenvalue weighted by Gasteiger charge is -2.30. The van der Waals surface area contributed by atoms with Crippen molar-refractivity contribution in [2.24, 2.45) is 5.92 Å². The smallest absolute Gasteiger partial charge is 0.416 e. The largest absolute Gasteiger partial charge is 0.456 e. The van der Waals surface area contributed by atoms with E-state index in [0.29, 0.717) is 24.1 Å². The highest BCUT2D eigenvalue weighted by Gasteiger charge is 2.34. The van der Waals surface area contributed by atoms with E-state index in [2.05, 4.69) is 15.5 Å². The number of amides is 1. The van der Waals surface area contributed by atoms with Crippen LogP contribution in [0.25, 0.3) is 11.3 Å². The molecule has 1 aromatic heterocycles. The van der Waals surface area contributed by atoms with Crippen molar-refractivity contribution in [2.45, 2.75) is 70.9 Å². The van der Waals surface area contributed by atoms with Crippen LogP contribution in [0.2, 0.25) is 0 Å². The van der Waals surface area contributed by atoms with Gasteiger partial charge in [-0.25, -0.2) is 9.59 Å². The molecule has 0 aliphatic heterocycles. The lowest BCUT2D eigenvalue weighted by atomic mass is 9.85. The second-order valence-corrected chi connectivity index (χ2v) is 11.1. The SMILES string of the molecule is C[C@H]1Cc2nnc(-c3cccc(C(F)(F)F)c3)cc2[C@@H](OC(=O)[C@@H](Cc2ccccc2)NC(=O)OC(C)(C)C)C1. The fourth-order valence-electron chi connectivity index (χ4n) is 4.60. The molecule has 0 saturated heterocycles. The summed E-state index contributed by atoms with van der Waals surface area (Å²) in [6, 6.07) is 14.6. The maximum absolute atomic E-state index is 13.5.